The molecule has 0 fully saturated rings. The van der Waals surface area contributed by atoms with Crippen LogP contribution in [-0.4, -0.2) is 20.1 Å². The molecule has 0 spiro atoms. The van der Waals surface area contributed by atoms with E-state index in [1.54, 1.807) is 6.07 Å². The molecule has 0 saturated carbocycles. The Labute approximate surface area is 208 Å². The van der Waals surface area contributed by atoms with Gasteiger partial charge < -0.3 is 5.32 Å². The molecule has 3 rings (SSSR count). The van der Waals surface area contributed by atoms with Crippen LogP contribution in [0.1, 0.15) is 11.1 Å². The Morgan fingerprint density at radius 3 is 2.21 bits per heavy atom. The van der Waals surface area contributed by atoms with Crippen LogP contribution in [0.3, 0.4) is 0 Å². The molecule has 0 aliphatic heterocycles. The van der Waals surface area contributed by atoms with Gasteiger partial charge >= 0.3 is 6.18 Å². The van der Waals surface area contributed by atoms with Crippen LogP contribution in [0.15, 0.2) is 71.6 Å². The Balaban J connectivity index is 1.60. The number of nitrogens with one attached hydrogen (secondary N) is 2. The van der Waals surface area contributed by atoms with Gasteiger partial charge in [-0.3, -0.25) is 9.52 Å². The lowest BCUT2D eigenvalue weighted by Gasteiger charge is -2.13. The van der Waals surface area contributed by atoms with Crippen molar-refractivity contribution in [2.75, 3.05) is 15.8 Å². The number of thioether (sulfide) groups is 1. The van der Waals surface area contributed by atoms with E-state index in [-0.39, 0.29) is 22.2 Å². The van der Waals surface area contributed by atoms with Crippen molar-refractivity contribution in [3.05, 3.63) is 87.9 Å². The number of amides is 1. The van der Waals surface area contributed by atoms with Crippen molar-refractivity contribution in [1.29, 1.82) is 0 Å². The number of carbonyl (C=O) groups excluding carboxylic acids is 1. The van der Waals surface area contributed by atoms with Crippen molar-refractivity contribution in [3.8, 4) is 0 Å². The first-order chi connectivity index (χ1) is 16.0. The standard InChI is InChI=1S/C22H17Cl2F3N2O3S2/c23-19-4-2-1-3-14(19)12-33-13-21(30)28-15-5-8-17(9-6-15)34(31,32)29-16-7-10-20(24)18(11-16)22(25,26)27/h1-11,29H,12-13H2,(H,28,30). The summed E-state index contributed by atoms with van der Waals surface area (Å²) in [6.07, 6.45) is -4.73. The molecule has 0 unspecified atom stereocenters. The summed E-state index contributed by atoms with van der Waals surface area (Å²) in [5.41, 5.74) is -0.162. The van der Waals surface area contributed by atoms with E-state index in [1.165, 1.54) is 36.0 Å². The van der Waals surface area contributed by atoms with E-state index in [2.05, 4.69) is 10.0 Å². The van der Waals surface area contributed by atoms with Gasteiger partial charge in [-0.15, -0.1) is 11.8 Å². The molecule has 1 amide bonds. The first kappa shape index (κ1) is 26.2. The number of anilines is 2. The Kier molecular flexibility index (Phi) is 8.40. The van der Waals surface area contributed by atoms with E-state index in [0.717, 1.165) is 17.7 Å². The van der Waals surface area contributed by atoms with Crippen LogP contribution in [0.2, 0.25) is 10.0 Å². The SMILES string of the molecule is O=C(CSCc1ccccc1Cl)Nc1ccc(S(=O)(=O)Nc2ccc(Cl)c(C(F)(F)F)c2)cc1. The first-order valence-electron chi connectivity index (χ1n) is 9.56. The van der Waals surface area contributed by atoms with Gasteiger partial charge in [0.2, 0.25) is 5.91 Å². The monoisotopic (exact) mass is 548 g/mol. The van der Waals surface area contributed by atoms with E-state index in [1.807, 2.05) is 18.2 Å². The number of hydrogen-bond acceptors (Lipinski definition) is 4. The third kappa shape index (κ3) is 7.05. The Bertz CT molecular complexity index is 1290. The quantitative estimate of drug-likeness (QED) is 0.329. The third-order valence-corrected chi connectivity index (χ3v) is 7.50. The predicted octanol–water partition coefficient (Wildman–Crippen LogP) is 6.68. The van der Waals surface area contributed by atoms with E-state index in [9.17, 15) is 26.4 Å². The van der Waals surface area contributed by atoms with Gasteiger partial charge in [0.25, 0.3) is 10.0 Å². The number of halogens is 5. The lowest BCUT2D eigenvalue weighted by Crippen LogP contribution is -2.16. The third-order valence-electron chi connectivity index (χ3n) is 4.42. The van der Waals surface area contributed by atoms with Gasteiger partial charge in [0.05, 0.1) is 21.2 Å². The minimum Gasteiger partial charge on any atom is -0.325 e. The van der Waals surface area contributed by atoms with E-state index < -0.39 is 26.8 Å². The van der Waals surface area contributed by atoms with Crippen LogP contribution < -0.4 is 10.0 Å². The molecule has 0 aliphatic rings. The van der Waals surface area contributed by atoms with Crippen LogP contribution in [0.5, 0.6) is 0 Å². The maximum Gasteiger partial charge on any atom is 0.417 e. The van der Waals surface area contributed by atoms with E-state index in [4.69, 9.17) is 23.2 Å². The van der Waals surface area contributed by atoms with E-state index >= 15 is 0 Å². The largest absolute Gasteiger partial charge is 0.417 e. The molecule has 34 heavy (non-hydrogen) atoms. The second kappa shape index (κ2) is 10.9. The maximum absolute atomic E-state index is 13.0. The van der Waals surface area contributed by atoms with Gasteiger partial charge in [-0.2, -0.15) is 13.2 Å². The molecule has 0 radical (unpaired) electrons. The molecule has 0 aliphatic carbocycles. The van der Waals surface area contributed by atoms with Crippen molar-refractivity contribution >= 4 is 62.3 Å². The van der Waals surface area contributed by atoms with Crippen LogP contribution in [0, 0.1) is 0 Å². The van der Waals surface area contributed by atoms with Crippen LogP contribution in [0.25, 0.3) is 0 Å². The summed E-state index contributed by atoms with van der Waals surface area (Å²) < 4.78 is 66.2. The van der Waals surface area contributed by atoms with E-state index in [0.29, 0.717) is 22.5 Å². The fraction of sp³-hybridized carbons (Fsp3) is 0.136. The smallest absolute Gasteiger partial charge is 0.325 e. The van der Waals surface area contributed by atoms with Crippen molar-refractivity contribution in [2.24, 2.45) is 0 Å². The van der Waals surface area contributed by atoms with Crippen molar-refractivity contribution < 1.29 is 26.4 Å². The number of carbonyl (C=O) groups is 1. The Morgan fingerprint density at radius 1 is 0.912 bits per heavy atom. The summed E-state index contributed by atoms with van der Waals surface area (Å²) in [6.45, 7) is 0. The van der Waals surface area contributed by atoms with Gasteiger partial charge in [0.15, 0.2) is 0 Å². The van der Waals surface area contributed by atoms with Crippen molar-refractivity contribution in [1.82, 2.24) is 0 Å². The van der Waals surface area contributed by atoms with Gasteiger partial charge in [-0.1, -0.05) is 41.4 Å². The summed E-state index contributed by atoms with van der Waals surface area (Å²) in [4.78, 5) is 12.0. The zero-order valence-corrected chi connectivity index (χ0v) is 20.3. The Hall–Kier alpha value is -2.40. The molecule has 0 atom stereocenters. The average Bonchev–Trinajstić information content (AvgIpc) is 2.76. The number of hydrogen-bond donors (Lipinski definition) is 2. The zero-order valence-electron chi connectivity index (χ0n) is 17.2. The van der Waals surface area contributed by atoms with Crippen LogP contribution in [0.4, 0.5) is 24.5 Å². The summed E-state index contributed by atoms with van der Waals surface area (Å²) in [5, 5.41) is 2.73. The highest BCUT2D eigenvalue weighted by Gasteiger charge is 2.33. The number of rotatable bonds is 8. The molecular formula is C22H17Cl2F3N2O3S2. The molecule has 180 valence electrons. The fourth-order valence-electron chi connectivity index (χ4n) is 2.80. The summed E-state index contributed by atoms with van der Waals surface area (Å²) >= 11 is 13.0. The summed E-state index contributed by atoms with van der Waals surface area (Å²) in [7, 11) is -4.17. The number of benzene rings is 3. The van der Waals surface area contributed by atoms with Crippen molar-refractivity contribution in [2.45, 2.75) is 16.8 Å². The topological polar surface area (TPSA) is 75.3 Å². The van der Waals surface area contributed by atoms with Gasteiger partial charge in [0.1, 0.15) is 0 Å². The van der Waals surface area contributed by atoms with Crippen LogP contribution >= 0.6 is 35.0 Å². The Morgan fingerprint density at radius 2 is 1.56 bits per heavy atom. The molecular weight excluding hydrogens is 532 g/mol. The van der Waals surface area contributed by atoms with Gasteiger partial charge in [0, 0.05) is 22.2 Å². The minimum atomic E-state index is -4.73. The second-order valence-electron chi connectivity index (χ2n) is 6.95. The number of sulfonamides is 1. The fourth-order valence-corrected chi connectivity index (χ4v) is 5.19. The molecule has 0 bridgehead atoms. The molecule has 3 aromatic rings. The molecule has 3 aromatic carbocycles. The maximum atomic E-state index is 13.0. The number of alkyl halides is 3. The molecule has 0 heterocycles. The average molecular weight is 549 g/mol. The summed E-state index contributed by atoms with van der Waals surface area (Å²) in [5.74, 6) is 0.424. The minimum absolute atomic E-state index is 0.158. The molecule has 2 N–H and O–H groups in total. The second-order valence-corrected chi connectivity index (χ2v) is 10.4. The molecule has 5 nitrogen and oxygen atoms in total. The lowest BCUT2D eigenvalue weighted by atomic mass is 10.2. The highest BCUT2D eigenvalue weighted by molar-refractivity contribution is 7.99. The van der Waals surface area contributed by atoms with Crippen molar-refractivity contribution in [3.63, 3.8) is 0 Å². The molecule has 0 saturated heterocycles. The lowest BCUT2D eigenvalue weighted by molar-refractivity contribution is -0.137. The highest BCUT2D eigenvalue weighted by atomic mass is 35.5. The molecule has 12 heteroatoms. The highest BCUT2D eigenvalue weighted by Crippen LogP contribution is 2.36. The zero-order chi connectivity index (χ0) is 24.9. The van der Waals surface area contributed by atoms with Gasteiger partial charge in [-0.25, -0.2) is 8.42 Å². The normalized spacial score (nSPS) is 11.8. The summed E-state index contributed by atoms with van der Waals surface area (Å²) in [6, 6.07) is 15.3. The predicted molar refractivity (Wildman–Crippen MR) is 130 cm³/mol. The van der Waals surface area contributed by atoms with Gasteiger partial charge in [-0.05, 0) is 54.1 Å². The van der Waals surface area contributed by atoms with Crippen LogP contribution in [-0.2, 0) is 26.7 Å². The first-order valence-corrected chi connectivity index (χ1v) is 13.0. The molecule has 0 aromatic heterocycles.